The minimum Gasteiger partial charge on any atom is -0.0699 e. The molecule has 0 amide bonds. The Morgan fingerprint density at radius 3 is 2.81 bits per heavy atom. The Labute approximate surface area is 99.8 Å². The Kier molecular flexibility index (Phi) is 2.91. The predicted octanol–water partition coefficient (Wildman–Crippen LogP) is 5.01. The van der Waals surface area contributed by atoms with Crippen molar-refractivity contribution in [2.45, 2.75) is 64.7 Å². The van der Waals surface area contributed by atoms with Crippen molar-refractivity contribution >= 4 is 0 Å². The topological polar surface area (TPSA) is 0 Å². The largest absolute Gasteiger partial charge is 0.0699 e. The van der Waals surface area contributed by atoms with Gasteiger partial charge in [-0.15, -0.1) is 0 Å². The molecule has 0 aromatic heterocycles. The van der Waals surface area contributed by atoms with Crippen LogP contribution in [0.3, 0.4) is 0 Å². The van der Waals surface area contributed by atoms with Gasteiger partial charge in [0.05, 0.1) is 0 Å². The van der Waals surface area contributed by atoms with Gasteiger partial charge in [0, 0.05) is 0 Å². The van der Waals surface area contributed by atoms with Gasteiger partial charge in [0.15, 0.2) is 0 Å². The number of hydrogen-bond acceptors (Lipinski definition) is 0. The van der Waals surface area contributed by atoms with Gasteiger partial charge in [0.2, 0.25) is 0 Å². The highest BCUT2D eigenvalue weighted by atomic mass is 14.4. The average Bonchev–Trinajstić information content (AvgIpc) is 2.38. The Hall–Kier alpha value is -0.520. The third-order valence-electron chi connectivity index (χ3n) is 5.10. The number of allylic oxidation sites excluding steroid dienone is 4. The van der Waals surface area contributed by atoms with Crippen molar-refractivity contribution in [3.63, 3.8) is 0 Å². The second kappa shape index (κ2) is 4.39. The summed E-state index contributed by atoms with van der Waals surface area (Å²) in [5.41, 5.74) is 5.35. The van der Waals surface area contributed by atoms with E-state index in [0.717, 1.165) is 11.8 Å². The van der Waals surface area contributed by atoms with Gasteiger partial charge < -0.3 is 0 Å². The fourth-order valence-corrected chi connectivity index (χ4v) is 4.09. The van der Waals surface area contributed by atoms with Crippen molar-refractivity contribution in [2.75, 3.05) is 0 Å². The fourth-order valence-electron chi connectivity index (χ4n) is 4.09. The molecule has 3 aliphatic carbocycles. The van der Waals surface area contributed by atoms with Crippen molar-refractivity contribution in [2.24, 2.45) is 11.8 Å². The zero-order valence-corrected chi connectivity index (χ0v) is 10.6. The van der Waals surface area contributed by atoms with Crippen LogP contribution in [0.5, 0.6) is 0 Å². The molecule has 3 aliphatic rings. The second-order valence-corrected chi connectivity index (χ2v) is 5.90. The molecular formula is C16H24. The molecule has 0 heterocycles. The summed E-state index contributed by atoms with van der Waals surface area (Å²) in [5, 5.41) is 0. The Morgan fingerprint density at radius 2 is 1.94 bits per heavy atom. The first kappa shape index (κ1) is 10.6. The van der Waals surface area contributed by atoms with Crippen LogP contribution in [0.4, 0.5) is 0 Å². The van der Waals surface area contributed by atoms with Gasteiger partial charge in [-0.3, -0.25) is 0 Å². The van der Waals surface area contributed by atoms with Gasteiger partial charge in [-0.05, 0) is 62.4 Å². The minimum atomic E-state index is 0.958. The lowest BCUT2D eigenvalue weighted by Crippen LogP contribution is -2.26. The van der Waals surface area contributed by atoms with E-state index in [2.05, 4.69) is 13.0 Å². The molecule has 0 aliphatic heterocycles. The average molecular weight is 216 g/mol. The van der Waals surface area contributed by atoms with Gasteiger partial charge in [-0.25, -0.2) is 0 Å². The molecule has 0 N–H and O–H groups in total. The molecule has 0 aromatic rings. The van der Waals surface area contributed by atoms with Crippen LogP contribution < -0.4 is 0 Å². The molecule has 0 heteroatoms. The van der Waals surface area contributed by atoms with Gasteiger partial charge in [-0.1, -0.05) is 37.0 Å². The molecule has 0 aromatic carbocycles. The first-order chi connectivity index (χ1) is 7.88. The van der Waals surface area contributed by atoms with E-state index in [0.29, 0.717) is 0 Å². The highest BCUT2D eigenvalue weighted by Gasteiger charge is 2.33. The minimum absolute atomic E-state index is 0.958. The van der Waals surface area contributed by atoms with Crippen molar-refractivity contribution < 1.29 is 0 Å². The SMILES string of the molecule is CCC1=CC2=C(CC1)CCC1CCCCC21. The first-order valence-corrected chi connectivity index (χ1v) is 7.30. The summed E-state index contributed by atoms with van der Waals surface area (Å²) >= 11 is 0. The van der Waals surface area contributed by atoms with Gasteiger partial charge in [0.1, 0.15) is 0 Å². The molecule has 1 saturated carbocycles. The Balaban J connectivity index is 1.90. The molecule has 0 radical (unpaired) electrons. The van der Waals surface area contributed by atoms with Gasteiger partial charge >= 0.3 is 0 Å². The van der Waals surface area contributed by atoms with Crippen LogP contribution >= 0.6 is 0 Å². The van der Waals surface area contributed by atoms with E-state index in [1.54, 1.807) is 11.1 Å². The molecule has 1 fully saturated rings. The highest BCUT2D eigenvalue weighted by Crippen LogP contribution is 2.47. The van der Waals surface area contributed by atoms with Gasteiger partial charge in [0.25, 0.3) is 0 Å². The van der Waals surface area contributed by atoms with Crippen molar-refractivity contribution in [1.82, 2.24) is 0 Å². The maximum atomic E-state index is 2.60. The lowest BCUT2D eigenvalue weighted by Gasteiger charge is -2.40. The van der Waals surface area contributed by atoms with Crippen molar-refractivity contribution in [3.05, 3.63) is 22.8 Å². The number of rotatable bonds is 1. The van der Waals surface area contributed by atoms with Crippen LogP contribution in [0.1, 0.15) is 64.7 Å². The summed E-state index contributed by atoms with van der Waals surface area (Å²) in [6.45, 7) is 2.32. The monoisotopic (exact) mass is 216 g/mol. The van der Waals surface area contributed by atoms with Crippen LogP contribution in [0.15, 0.2) is 22.8 Å². The summed E-state index contributed by atoms with van der Waals surface area (Å²) < 4.78 is 0. The maximum absolute atomic E-state index is 2.60. The summed E-state index contributed by atoms with van der Waals surface area (Å²) in [4.78, 5) is 0. The van der Waals surface area contributed by atoms with Crippen LogP contribution in [-0.4, -0.2) is 0 Å². The molecule has 2 atom stereocenters. The van der Waals surface area contributed by atoms with Gasteiger partial charge in [-0.2, -0.15) is 0 Å². The Morgan fingerprint density at radius 1 is 1.06 bits per heavy atom. The maximum Gasteiger partial charge on any atom is -0.0134 e. The summed E-state index contributed by atoms with van der Waals surface area (Å²) in [6.07, 6.45) is 15.5. The quantitative estimate of drug-likeness (QED) is 0.577. The van der Waals surface area contributed by atoms with E-state index < -0.39 is 0 Å². The van der Waals surface area contributed by atoms with E-state index in [-0.39, 0.29) is 0 Å². The zero-order chi connectivity index (χ0) is 11.0. The second-order valence-electron chi connectivity index (χ2n) is 5.90. The van der Waals surface area contributed by atoms with Crippen LogP contribution in [0, 0.1) is 11.8 Å². The summed E-state index contributed by atoms with van der Waals surface area (Å²) in [5.74, 6) is 2.00. The summed E-state index contributed by atoms with van der Waals surface area (Å²) in [6, 6.07) is 0. The number of fused-ring (bicyclic) bond motifs is 2. The number of hydrogen-bond donors (Lipinski definition) is 0. The molecule has 3 rings (SSSR count). The smallest absolute Gasteiger partial charge is 0.0134 e. The normalized spacial score (nSPS) is 34.2. The van der Waals surface area contributed by atoms with Crippen molar-refractivity contribution in [3.8, 4) is 0 Å². The van der Waals surface area contributed by atoms with Crippen LogP contribution in [0.25, 0.3) is 0 Å². The standard InChI is InChI=1S/C16H24/c1-2-12-7-8-14-10-9-13-5-3-4-6-15(13)16(14)11-12/h11,13,15H,2-10H2,1H3. The molecule has 0 bridgehead atoms. The predicted molar refractivity (Wildman–Crippen MR) is 69.3 cm³/mol. The fraction of sp³-hybridized carbons (Fsp3) is 0.750. The lowest BCUT2D eigenvalue weighted by atomic mass is 9.66. The zero-order valence-electron chi connectivity index (χ0n) is 10.6. The van der Waals surface area contributed by atoms with Crippen molar-refractivity contribution in [1.29, 1.82) is 0 Å². The third kappa shape index (κ3) is 1.77. The summed E-state index contributed by atoms with van der Waals surface area (Å²) in [7, 11) is 0. The molecular weight excluding hydrogens is 192 g/mol. The van der Waals surface area contributed by atoms with E-state index in [1.807, 2.05) is 5.57 Å². The molecule has 88 valence electrons. The van der Waals surface area contributed by atoms with E-state index in [1.165, 1.54) is 57.8 Å². The van der Waals surface area contributed by atoms with Crippen LogP contribution in [0.2, 0.25) is 0 Å². The first-order valence-electron chi connectivity index (χ1n) is 7.30. The molecule has 0 saturated heterocycles. The van der Waals surface area contributed by atoms with E-state index in [9.17, 15) is 0 Å². The molecule has 0 nitrogen and oxygen atoms in total. The highest BCUT2D eigenvalue weighted by molar-refractivity contribution is 5.37. The molecule has 16 heavy (non-hydrogen) atoms. The van der Waals surface area contributed by atoms with E-state index in [4.69, 9.17) is 0 Å². The molecule has 2 unspecified atom stereocenters. The third-order valence-corrected chi connectivity index (χ3v) is 5.10. The lowest BCUT2D eigenvalue weighted by molar-refractivity contribution is 0.242. The van der Waals surface area contributed by atoms with E-state index >= 15 is 0 Å². The Bertz CT molecular complexity index is 332. The van der Waals surface area contributed by atoms with Crippen LogP contribution in [-0.2, 0) is 0 Å². The molecule has 0 spiro atoms.